The highest BCUT2D eigenvalue weighted by Gasteiger charge is 2.46. The number of anilines is 2. The molecule has 1 aliphatic carbocycles. The first-order chi connectivity index (χ1) is 15.7. The summed E-state index contributed by atoms with van der Waals surface area (Å²) in [5, 5.41) is 29.7. The van der Waals surface area contributed by atoms with Crippen molar-refractivity contribution in [1.29, 1.82) is 0 Å². The fourth-order valence-electron chi connectivity index (χ4n) is 6.15. The number of thioether (sulfide) groups is 2. The van der Waals surface area contributed by atoms with Crippen LogP contribution in [0, 0.1) is 11.8 Å². The van der Waals surface area contributed by atoms with Crippen LogP contribution < -0.4 is 20.0 Å². The minimum Gasteiger partial charge on any atom is -0.851 e. The van der Waals surface area contributed by atoms with E-state index in [9.17, 15) is 10.2 Å². The van der Waals surface area contributed by atoms with Crippen LogP contribution in [-0.2, 0) is 0 Å². The smallest absolute Gasteiger partial charge is 0.0795 e. The molecule has 0 bridgehead atoms. The summed E-state index contributed by atoms with van der Waals surface area (Å²) in [6, 6.07) is 16.9. The Balaban J connectivity index is 1.22. The van der Waals surface area contributed by atoms with Crippen molar-refractivity contribution in [3.05, 3.63) is 69.7 Å². The molecule has 0 N–H and O–H groups in total. The fraction of sp³-hybridized carbons (Fsp3) is 0.385. The van der Waals surface area contributed by atoms with Gasteiger partial charge in [-0.25, -0.2) is 0 Å². The molecule has 32 heavy (non-hydrogen) atoms. The molecule has 1 saturated carbocycles. The third-order valence-corrected chi connectivity index (χ3v) is 10.1. The minimum atomic E-state index is -0.823. The van der Waals surface area contributed by atoms with Crippen LogP contribution in [0.3, 0.4) is 0 Å². The van der Waals surface area contributed by atoms with E-state index in [1.165, 1.54) is 31.2 Å². The molecule has 2 aromatic carbocycles. The van der Waals surface area contributed by atoms with Crippen molar-refractivity contribution in [2.75, 3.05) is 22.9 Å². The van der Waals surface area contributed by atoms with Gasteiger partial charge in [0.05, 0.1) is 21.4 Å². The molecule has 0 atom stereocenters. The first-order valence-electron chi connectivity index (χ1n) is 11.6. The molecule has 1 fully saturated rings. The van der Waals surface area contributed by atoms with Crippen LogP contribution in [0.15, 0.2) is 79.5 Å². The number of hydrogen-bond donors (Lipinski definition) is 0. The van der Waals surface area contributed by atoms with Crippen LogP contribution in [0.25, 0.3) is 0 Å². The van der Waals surface area contributed by atoms with Gasteiger partial charge >= 0.3 is 0 Å². The lowest BCUT2D eigenvalue weighted by molar-refractivity contribution is -0.552. The molecule has 0 spiro atoms. The van der Waals surface area contributed by atoms with Crippen molar-refractivity contribution >= 4 is 34.9 Å². The largest absolute Gasteiger partial charge is 0.851 e. The van der Waals surface area contributed by atoms with E-state index in [1.807, 2.05) is 0 Å². The molecule has 5 aliphatic rings. The van der Waals surface area contributed by atoms with E-state index in [1.54, 1.807) is 23.5 Å². The SMILES string of the molecule is [O-]C1C(C2=C3Sc4ccccc4N3CCC2)C([O-])C1C1=C2Sc3ccccc3N2CCC1. The Kier molecular flexibility index (Phi) is 4.48. The molecule has 0 radical (unpaired) electrons. The summed E-state index contributed by atoms with van der Waals surface area (Å²) in [7, 11) is 0. The molecule has 0 unspecified atom stereocenters. The maximum atomic E-state index is 13.7. The lowest BCUT2D eigenvalue weighted by atomic mass is 9.61. The van der Waals surface area contributed by atoms with E-state index in [0.717, 1.165) is 49.9 Å². The van der Waals surface area contributed by atoms with Crippen molar-refractivity contribution < 1.29 is 10.2 Å². The first-order valence-corrected chi connectivity index (χ1v) is 13.2. The lowest BCUT2D eigenvalue weighted by Gasteiger charge is -2.64. The Hall–Kier alpha value is -1.86. The maximum Gasteiger partial charge on any atom is 0.0795 e. The average molecular weight is 461 g/mol. The summed E-state index contributed by atoms with van der Waals surface area (Å²) < 4.78 is 0. The summed E-state index contributed by atoms with van der Waals surface area (Å²) in [5.74, 6) is -0.756. The lowest BCUT2D eigenvalue weighted by Crippen LogP contribution is -2.68. The molecular weight excluding hydrogens is 436 g/mol. The highest BCUT2D eigenvalue weighted by atomic mass is 32.2. The topological polar surface area (TPSA) is 52.6 Å². The molecular formula is C26H24N2O2S2-2. The predicted octanol–water partition coefficient (Wildman–Crippen LogP) is 3.93. The van der Waals surface area contributed by atoms with Gasteiger partial charge in [0.2, 0.25) is 0 Å². The summed E-state index contributed by atoms with van der Waals surface area (Å²) in [5.41, 5.74) is 4.74. The van der Waals surface area contributed by atoms with Gasteiger partial charge < -0.3 is 20.0 Å². The quantitative estimate of drug-likeness (QED) is 0.677. The number of benzene rings is 2. The second-order valence-electron chi connectivity index (χ2n) is 9.29. The van der Waals surface area contributed by atoms with Gasteiger partial charge in [-0.3, -0.25) is 0 Å². The number of para-hydroxylation sites is 2. The molecule has 0 saturated heterocycles. The average Bonchev–Trinajstić information content (AvgIpc) is 3.39. The second kappa shape index (κ2) is 7.32. The number of fused-ring (bicyclic) bond motifs is 6. The van der Waals surface area contributed by atoms with Gasteiger partial charge in [-0.1, -0.05) is 47.8 Å². The predicted molar refractivity (Wildman–Crippen MR) is 126 cm³/mol. The third kappa shape index (κ3) is 2.67. The zero-order chi connectivity index (χ0) is 21.4. The molecule has 4 aliphatic heterocycles. The normalized spacial score (nSPS) is 30.7. The van der Waals surface area contributed by atoms with Crippen molar-refractivity contribution in [1.82, 2.24) is 0 Å². The summed E-state index contributed by atoms with van der Waals surface area (Å²) in [4.78, 5) is 7.18. The second-order valence-corrected chi connectivity index (χ2v) is 11.4. The van der Waals surface area contributed by atoms with Gasteiger partial charge in [0.15, 0.2) is 0 Å². The molecule has 0 aromatic heterocycles. The van der Waals surface area contributed by atoms with Crippen molar-refractivity contribution in [2.24, 2.45) is 11.8 Å². The molecule has 6 heteroatoms. The van der Waals surface area contributed by atoms with Gasteiger partial charge in [-0.2, -0.15) is 0 Å². The van der Waals surface area contributed by atoms with E-state index in [4.69, 9.17) is 0 Å². The van der Waals surface area contributed by atoms with Crippen LogP contribution in [0.1, 0.15) is 25.7 Å². The van der Waals surface area contributed by atoms with Crippen LogP contribution in [0.5, 0.6) is 0 Å². The Morgan fingerprint density at radius 1 is 0.656 bits per heavy atom. The minimum absolute atomic E-state index is 0.378. The third-order valence-electron chi connectivity index (χ3n) is 7.64. The highest BCUT2D eigenvalue weighted by Crippen LogP contribution is 2.57. The zero-order valence-electron chi connectivity index (χ0n) is 17.7. The molecule has 0 amide bonds. The van der Waals surface area contributed by atoms with Gasteiger partial charge in [0.1, 0.15) is 0 Å². The highest BCUT2D eigenvalue weighted by molar-refractivity contribution is 8.04. The van der Waals surface area contributed by atoms with Crippen molar-refractivity contribution in [2.45, 2.75) is 47.7 Å². The summed E-state index contributed by atoms with van der Waals surface area (Å²) >= 11 is 3.51. The van der Waals surface area contributed by atoms with Crippen LogP contribution in [0.4, 0.5) is 11.4 Å². The Morgan fingerprint density at radius 3 is 1.56 bits per heavy atom. The number of rotatable bonds is 2. The van der Waals surface area contributed by atoms with E-state index < -0.39 is 12.2 Å². The maximum absolute atomic E-state index is 13.7. The molecule has 4 heterocycles. The number of nitrogens with zero attached hydrogens (tertiary/aromatic N) is 2. The Bertz CT molecular complexity index is 1080. The van der Waals surface area contributed by atoms with E-state index in [0.29, 0.717) is 0 Å². The molecule has 4 nitrogen and oxygen atoms in total. The number of hydrogen-bond acceptors (Lipinski definition) is 6. The van der Waals surface area contributed by atoms with Gasteiger partial charge in [0.25, 0.3) is 0 Å². The van der Waals surface area contributed by atoms with Crippen molar-refractivity contribution in [3.8, 4) is 0 Å². The fourth-order valence-corrected chi connectivity index (χ4v) is 8.76. The summed E-state index contributed by atoms with van der Waals surface area (Å²) in [6.07, 6.45) is 2.16. The van der Waals surface area contributed by atoms with Gasteiger partial charge in [-0.15, -0.1) is 12.2 Å². The van der Waals surface area contributed by atoms with E-state index in [2.05, 4.69) is 58.3 Å². The molecule has 2 aromatic rings. The Labute approximate surface area is 197 Å². The first kappa shape index (κ1) is 19.6. The van der Waals surface area contributed by atoms with Gasteiger partial charge in [0, 0.05) is 22.9 Å². The van der Waals surface area contributed by atoms with Gasteiger partial charge in [-0.05, 0) is 72.9 Å². The zero-order valence-corrected chi connectivity index (χ0v) is 19.3. The van der Waals surface area contributed by atoms with E-state index in [-0.39, 0.29) is 11.8 Å². The van der Waals surface area contributed by atoms with Crippen LogP contribution >= 0.6 is 23.5 Å². The monoisotopic (exact) mass is 460 g/mol. The standard InChI is InChI=1S/C26H24N2O2S2/c29-23-21(15-7-5-13-27-17-9-1-3-11-19(17)31-25(15)27)24(30)22(23)16-8-6-14-28-18-10-2-4-12-20(18)32-26(16)28/h1-4,9-12,21-24H,5-8,13-14H2/q-2. The Morgan fingerprint density at radius 2 is 1.09 bits per heavy atom. The van der Waals surface area contributed by atoms with E-state index >= 15 is 0 Å². The van der Waals surface area contributed by atoms with Crippen molar-refractivity contribution in [3.63, 3.8) is 0 Å². The van der Waals surface area contributed by atoms with Crippen LogP contribution in [-0.4, -0.2) is 25.3 Å². The summed E-state index contributed by atoms with van der Waals surface area (Å²) in [6.45, 7) is 1.95. The molecule has 164 valence electrons. The van der Waals surface area contributed by atoms with Crippen LogP contribution in [0.2, 0.25) is 0 Å². The molecule has 7 rings (SSSR count).